The van der Waals surface area contributed by atoms with Gasteiger partial charge < -0.3 is 4.74 Å². The molecule has 4 nitrogen and oxygen atoms in total. The van der Waals surface area contributed by atoms with Gasteiger partial charge in [-0.25, -0.2) is 9.78 Å². The number of nitrogens with zero attached hydrogens (tertiary/aromatic N) is 2. The van der Waals surface area contributed by atoms with E-state index in [1.807, 2.05) is 59.3 Å². The number of carbonyl (C=O) groups is 1. The highest BCUT2D eigenvalue weighted by atomic mass is 79.9. The van der Waals surface area contributed by atoms with E-state index >= 15 is 0 Å². The zero-order chi connectivity index (χ0) is 22.7. The maximum atomic E-state index is 12.0. The summed E-state index contributed by atoms with van der Waals surface area (Å²) in [6.07, 6.45) is 5.77. The highest BCUT2D eigenvalue weighted by molar-refractivity contribution is 9.10. The van der Waals surface area contributed by atoms with E-state index in [2.05, 4.69) is 15.9 Å². The Morgan fingerprint density at radius 1 is 1.03 bits per heavy atom. The number of hydrogen-bond donors (Lipinski definition) is 0. The predicted octanol–water partition coefficient (Wildman–Crippen LogP) is 7.57. The average Bonchev–Trinajstić information content (AvgIpc) is 3.22. The Labute approximate surface area is 204 Å². The van der Waals surface area contributed by atoms with Crippen LogP contribution in [-0.4, -0.2) is 22.6 Å². The molecule has 32 heavy (non-hydrogen) atoms. The maximum absolute atomic E-state index is 12.0. The molecule has 0 N–H and O–H groups in total. The van der Waals surface area contributed by atoms with Crippen molar-refractivity contribution in [3.63, 3.8) is 0 Å². The van der Waals surface area contributed by atoms with Crippen LogP contribution in [0.4, 0.5) is 0 Å². The van der Waals surface area contributed by atoms with Crippen LogP contribution < -0.4 is 0 Å². The first-order valence-corrected chi connectivity index (χ1v) is 11.2. The Morgan fingerprint density at radius 2 is 1.81 bits per heavy atom. The molecule has 1 aromatic heterocycles. The average molecular weight is 528 g/mol. The van der Waals surface area contributed by atoms with Crippen molar-refractivity contribution in [2.75, 3.05) is 7.11 Å². The van der Waals surface area contributed by atoms with Gasteiger partial charge in [-0.15, -0.1) is 0 Å². The Balaban J connectivity index is 1.82. The molecule has 160 valence electrons. The van der Waals surface area contributed by atoms with E-state index in [1.165, 1.54) is 7.11 Å². The van der Waals surface area contributed by atoms with Crippen molar-refractivity contribution in [2.45, 2.75) is 0 Å². The molecule has 3 aromatic carbocycles. The molecule has 0 bridgehead atoms. The summed E-state index contributed by atoms with van der Waals surface area (Å²) < 4.78 is 7.78. The molecule has 0 aliphatic heterocycles. The van der Waals surface area contributed by atoms with E-state index < -0.39 is 5.97 Å². The molecule has 0 aliphatic rings. The van der Waals surface area contributed by atoms with Crippen LogP contribution in [-0.2, 0) is 4.74 Å². The second kappa shape index (κ2) is 9.74. The quantitative estimate of drug-likeness (QED) is 0.251. The van der Waals surface area contributed by atoms with Gasteiger partial charge in [-0.2, -0.15) is 0 Å². The standard InChI is InChI=1S/C25H17BrCl2N2O2/c1-32-25(31)17-3-2-4-20(13-17)30-15-23(21-11-10-19(27)14-22(21)28)29-24(30)12-7-16-5-8-18(26)9-6-16/h2-15H,1H3. The summed E-state index contributed by atoms with van der Waals surface area (Å²) in [7, 11) is 1.36. The second-order valence-electron chi connectivity index (χ2n) is 6.91. The van der Waals surface area contributed by atoms with Gasteiger partial charge in [-0.1, -0.05) is 63.4 Å². The molecule has 0 amide bonds. The number of hydrogen-bond acceptors (Lipinski definition) is 3. The molecule has 0 fully saturated rings. The van der Waals surface area contributed by atoms with E-state index in [0.717, 1.165) is 21.3 Å². The van der Waals surface area contributed by atoms with Gasteiger partial charge in [-0.3, -0.25) is 4.57 Å². The molecule has 4 aromatic rings. The van der Waals surface area contributed by atoms with Gasteiger partial charge in [-0.05, 0) is 60.2 Å². The van der Waals surface area contributed by atoms with Crippen LogP contribution in [0.3, 0.4) is 0 Å². The fraction of sp³-hybridized carbons (Fsp3) is 0.0400. The summed E-state index contributed by atoms with van der Waals surface area (Å²) in [4.78, 5) is 16.8. The van der Waals surface area contributed by atoms with E-state index in [1.54, 1.807) is 30.3 Å². The van der Waals surface area contributed by atoms with Crippen LogP contribution in [0.1, 0.15) is 21.7 Å². The smallest absolute Gasteiger partial charge is 0.337 e. The Morgan fingerprint density at radius 3 is 2.53 bits per heavy atom. The summed E-state index contributed by atoms with van der Waals surface area (Å²) >= 11 is 15.9. The summed E-state index contributed by atoms with van der Waals surface area (Å²) in [5.74, 6) is 0.274. The molecular formula is C25H17BrCl2N2O2. The van der Waals surface area contributed by atoms with Crippen LogP contribution >= 0.6 is 39.1 Å². The molecule has 0 spiro atoms. The minimum atomic E-state index is -0.403. The highest BCUT2D eigenvalue weighted by Crippen LogP contribution is 2.31. The van der Waals surface area contributed by atoms with Crippen molar-refractivity contribution in [2.24, 2.45) is 0 Å². The van der Waals surface area contributed by atoms with Crippen LogP contribution in [0.2, 0.25) is 10.0 Å². The minimum Gasteiger partial charge on any atom is -0.465 e. The van der Waals surface area contributed by atoms with Crippen molar-refractivity contribution < 1.29 is 9.53 Å². The molecule has 0 aliphatic carbocycles. The van der Waals surface area contributed by atoms with Gasteiger partial charge >= 0.3 is 5.97 Å². The zero-order valence-electron chi connectivity index (χ0n) is 16.9. The van der Waals surface area contributed by atoms with Gasteiger partial charge in [0.2, 0.25) is 0 Å². The molecule has 4 rings (SSSR count). The first-order valence-electron chi connectivity index (χ1n) is 9.62. The lowest BCUT2D eigenvalue weighted by atomic mass is 10.1. The lowest BCUT2D eigenvalue weighted by Crippen LogP contribution is -2.03. The number of aromatic nitrogens is 2. The maximum Gasteiger partial charge on any atom is 0.337 e. The molecule has 0 atom stereocenters. The number of imidazole rings is 1. The normalized spacial score (nSPS) is 11.1. The molecule has 0 saturated heterocycles. The minimum absolute atomic E-state index is 0.403. The predicted molar refractivity (Wildman–Crippen MR) is 133 cm³/mol. The van der Waals surface area contributed by atoms with Gasteiger partial charge in [0.15, 0.2) is 0 Å². The molecular weight excluding hydrogens is 511 g/mol. The zero-order valence-corrected chi connectivity index (χ0v) is 20.0. The monoisotopic (exact) mass is 526 g/mol. The van der Waals surface area contributed by atoms with Crippen molar-refractivity contribution in [1.82, 2.24) is 9.55 Å². The molecule has 1 heterocycles. The van der Waals surface area contributed by atoms with E-state index in [0.29, 0.717) is 27.1 Å². The van der Waals surface area contributed by atoms with Crippen LogP contribution in [0.5, 0.6) is 0 Å². The fourth-order valence-electron chi connectivity index (χ4n) is 3.19. The third kappa shape index (κ3) is 4.96. The number of benzene rings is 3. The highest BCUT2D eigenvalue weighted by Gasteiger charge is 2.14. The number of ether oxygens (including phenoxy) is 1. The van der Waals surface area contributed by atoms with Crippen LogP contribution in [0, 0.1) is 0 Å². The number of rotatable bonds is 5. The third-order valence-electron chi connectivity index (χ3n) is 4.78. The second-order valence-corrected chi connectivity index (χ2v) is 8.66. The largest absolute Gasteiger partial charge is 0.465 e. The van der Waals surface area contributed by atoms with Gasteiger partial charge in [0.25, 0.3) is 0 Å². The lowest BCUT2D eigenvalue weighted by Gasteiger charge is -2.07. The van der Waals surface area contributed by atoms with E-state index in [4.69, 9.17) is 32.9 Å². The lowest BCUT2D eigenvalue weighted by molar-refractivity contribution is 0.0600. The van der Waals surface area contributed by atoms with Crippen molar-refractivity contribution in [3.8, 4) is 16.9 Å². The van der Waals surface area contributed by atoms with Crippen molar-refractivity contribution in [1.29, 1.82) is 0 Å². The summed E-state index contributed by atoms with van der Waals surface area (Å²) in [6.45, 7) is 0. The topological polar surface area (TPSA) is 44.1 Å². The van der Waals surface area contributed by atoms with E-state index in [9.17, 15) is 4.79 Å². The molecule has 0 radical (unpaired) electrons. The van der Waals surface area contributed by atoms with Crippen molar-refractivity contribution in [3.05, 3.63) is 104 Å². The number of methoxy groups -OCH3 is 1. The van der Waals surface area contributed by atoms with E-state index in [-0.39, 0.29) is 0 Å². The summed E-state index contributed by atoms with van der Waals surface area (Å²) in [5.41, 5.74) is 3.69. The fourth-order valence-corrected chi connectivity index (χ4v) is 3.96. The Kier molecular flexibility index (Phi) is 6.80. The number of halogens is 3. The SMILES string of the molecule is COC(=O)c1cccc(-n2cc(-c3ccc(Cl)cc3Cl)nc2C=Cc2ccc(Br)cc2)c1. The van der Waals surface area contributed by atoms with Gasteiger partial charge in [0.1, 0.15) is 5.82 Å². The van der Waals surface area contributed by atoms with Crippen molar-refractivity contribution >= 4 is 57.3 Å². The van der Waals surface area contributed by atoms with Gasteiger partial charge in [0.05, 0.1) is 23.4 Å². The Hall–Kier alpha value is -2.86. The summed E-state index contributed by atoms with van der Waals surface area (Å²) in [6, 6.07) is 20.4. The Bertz CT molecular complexity index is 1310. The number of carbonyl (C=O) groups excluding carboxylic acids is 1. The summed E-state index contributed by atoms with van der Waals surface area (Å²) in [5, 5.41) is 1.06. The first kappa shape index (κ1) is 22.3. The van der Waals surface area contributed by atoms with Crippen LogP contribution in [0.15, 0.2) is 77.4 Å². The molecule has 0 saturated carbocycles. The number of esters is 1. The first-order chi connectivity index (χ1) is 15.4. The van der Waals surface area contributed by atoms with Crippen LogP contribution in [0.25, 0.3) is 29.1 Å². The van der Waals surface area contributed by atoms with Gasteiger partial charge in [0, 0.05) is 26.9 Å². The molecule has 0 unspecified atom stereocenters. The molecule has 7 heteroatoms. The third-order valence-corrected chi connectivity index (χ3v) is 5.86.